The predicted octanol–water partition coefficient (Wildman–Crippen LogP) is 1.40. The normalized spacial score (nSPS) is 25.0. The first-order valence-corrected chi connectivity index (χ1v) is 12.5. The van der Waals surface area contributed by atoms with E-state index in [0.29, 0.717) is 36.6 Å². The lowest BCUT2D eigenvalue weighted by Gasteiger charge is -2.26. The maximum Gasteiger partial charge on any atom is 0.245 e. The molecule has 2 aliphatic heterocycles. The topological polar surface area (TPSA) is 86.7 Å². The SMILES string of the molecule is O=C1C(N2CCCN(S(=O)(=O)c3cccc4nsnc34)CC2)CCN1CC1CC1. The fraction of sp³-hybridized carbons (Fsp3) is 0.632. The summed E-state index contributed by atoms with van der Waals surface area (Å²) in [6.07, 6.45) is 4.05. The molecule has 1 atom stereocenters. The van der Waals surface area contributed by atoms with Crippen molar-refractivity contribution < 1.29 is 13.2 Å². The smallest absolute Gasteiger partial charge is 0.245 e. The summed E-state index contributed by atoms with van der Waals surface area (Å²) in [4.78, 5) is 17.3. The zero-order chi connectivity index (χ0) is 20.0. The van der Waals surface area contributed by atoms with Crippen LogP contribution in [0, 0.1) is 5.92 Å². The van der Waals surface area contributed by atoms with Gasteiger partial charge in [0.15, 0.2) is 0 Å². The van der Waals surface area contributed by atoms with Crippen LogP contribution in [0.25, 0.3) is 11.0 Å². The number of likely N-dealkylation sites (tertiary alicyclic amines) is 1. The number of carbonyl (C=O) groups excluding carboxylic acids is 1. The second-order valence-electron chi connectivity index (χ2n) is 8.21. The van der Waals surface area contributed by atoms with Crippen molar-refractivity contribution in [2.45, 2.75) is 36.6 Å². The fourth-order valence-electron chi connectivity index (χ4n) is 4.45. The molecule has 2 aromatic rings. The summed E-state index contributed by atoms with van der Waals surface area (Å²) < 4.78 is 36.5. The first-order chi connectivity index (χ1) is 14.0. The van der Waals surface area contributed by atoms with Crippen LogP contribution in [-0.4, -0.2) is 82.5 Å². The Labute approximate surface area is 174 Å². The second kappa shape index (κ2) is 7.57. The molecule has 8 nitrogen and oxygen atoms in total. The molecule has 5 rings (SSSR count). The van der Waals surface area contributed by atoms with Crippen LogP contribution in [0.1, 0.15) is 25.7 Å². The van der Waals surface area contributed by atoms with Crippen LogP contribution < -0.4 is 0 Å². The van der Waals surface area contributed by atoms with Gasteiger partial charge < -0.3 is 4.90 Å². The minimum Gasteiger partial charge on any atom is -0.341 e. The molecule has 3 aliphatic rings. The van der Waals surface area contributed by atoms with Crippen molar-refractivity contribution in [1.82, 2.24) is 22.9 Å². The Morgan fingerprint density at radius 1 is 1.03 bits per heavy atom. The number of fused-ring (bicyclic) bond motifs is 1. The van der Waals surface area contributed by atoms with Crippen LogP contribution in [-0.2, 0) is 14.8 Å². The zero-order valence-electron chi connectivity index (χ0n) is 16.2. The Bertz CT molecular complexity index is 1020. The van der Waals surface area contributed by atoms with E-state index in [-0.39, 0.29) is 16.8 Å². The molecule has 156 valence electrons. The van der Waals surface area contributed by atoms with Crippen molar-refractivity contribution in [2.75, 3.05) is 39.3 Å². The van der Waals surface area contributed by atoms with Crippen molar-refractivity contribution in [3.05, 3.63) is 18.2 Å². The predicted molar refractivity (Wildman–Crippen MR) is 110 cm³/mol. The number of carbonyl (C=O) groups is 1. The zero-order valence-corrected chi connectivity index (χ0v) is 17.9. The molecular formula is C19H25N5O3S2. The minimum atomic E-state index is -3.65. The Balaban J connectivity index is 1.30. The lowest BCUT2D eigenvalue weighted by Crippen LogP contribution is -2.44. The van der Waals surface area contributed by atoms with Crippen LogP contribution >= 0.6 is 11.7 Å². The molecular weight excluding hydrogens is 410 g/mol. The van der Waals surface area contributed by atoms with Gasteiger partial charge in [0, 0.05) is 39.3 Å². The summed E-state index contributed by atoms with van der Waals surface area (Å²) in [6.45, 7) is 3.91. The van der Waals surface area contributed by atoms with Crippen molar-refractivity contribution in [3.8, 4) is 0 Å². The highest BCUT2D eigenvalue weighted by molar-refractivity contribution is 7.89. The van der Waals surface area contributed by atoms with Gasteiger partial charge in [-0.2, -0.15) is 13.1 Å². The summed E-state index contributed by atoms with van der Waals surface area (Å²) in [5.41, 5.74) is 1.06. The molecule has 0 radical (unpaired) electrons. The van der Waals surface area contributed by atoms with E-state index < -0.39 is 10.0 Å². The van der Waals surface area contributed by atoms with Gasteiger partial charge in [0.2, 0.25) is 15.9 Å². The van der Waals surface area contributed by atoms with E-state index in [9.17, 15) is 13.2 Å². The molecule has 1 aromatic heterocycles. The Kier molecular flexibility index (Phi) is 5.05. The van der Waals surface area contributed by atoms with Gasteiger partial charge in [-0.3, -0.25) is 9.69 Å². The van der Waals surface area contributed by atoms with E-state index in [1.807, 2.05) is 4.90 Å². The number of nitrogens with zero attached hydrogens (tertiary/aromatic N) is 5. The highest BCUT2D eigenvalue weighted by atomic mass is 32.2. The van der Waals surface area contributed by atoms with Gasteiger partial charge in [0.1, 0.15) is 15.9 Å². The van der Waals surface area contributed by atoms with Crippen molar-refractivity contribution in [3.63, 3.8) is 0 Å². The van der Waals surface area contributed by atoms with Gasteiger partial charge in [0.25, 0.3) is 0 Å². The summed E-state index contributed by atoms with van der Waals surface area (Å²) >= 11 is 1.03. The van der Waals surface area contributed by atoms with Crippen LogP contribution in [0.4, 0.5) is 0 Å². The summed E-state index contributed by atoms with van der Waals surface area (Å²) in [5, 5.41) is 0. The van der Waals surface area contributed by atoms with Crippen molar-refractivity contribution >= 4 is 38.7 Å². The van der Waals surface area contributed by atoms with Gasteiger partial charge in [0.05, 0.1) is 17.8 Å². The molecule has 0 N–H and O–H groups in total. The standard InChI is InChI=1S/C19H25N5O3S2/c25-19-16(7-10-23(19)13-14-5-6-14)22-8-2-9-24(12-11-22)29(26,27)17-4-1-3-15-18(17)21-28-20-15/h1,3-4,14,16H,2,5-13H2. The molecule has 10 heteroatoms. The number of amides is 1. The monoisotopic (exact) mass is 435 g/mol. The van der Waals surface area contributed by atoms with E-state index in [1.165, 1.54) is 12.8 Å². The third kappa shape index (κ3) is 3.67. The molecule has 0 bridgehead atoms. The number of rotatable bonds is 5. The Morgan fingerprint density at radius 3 is 2.72 bits per heavy atom. The number of hydrogen-bond acceptors (Lipinski definition) is 7. The van der Waals surface area contributed by atoms with Crippen LogP contribution in [0.2, 0.25) is 0 Å². The maximum absolute atomic E-state index is 13.3. The third-order valence-corrected chi connectivity index (χ3v) is 8.71. The van der Waals surface area contributed by atoms with Crippen molar-refractivity contribution in [1.29, 1.82) is 0 Å². The average Bonchev–Trinajstić information content (AvgIpc) is 3.36. The largest absolute Gasteiger partial charge is 0.341 e. The maximum atomic E-state index is 13.3. The van der Waals surface area contributed by atoms with Gasteiger partial charge in [-0.25, -0.2) is 8.42 Å². The molecule has 1 amide bonds. The lowest BCUT2D eigenvalue weighted by atomic mass is 10.2. The third-order valence-electron chi connectivity index (χ3n) is 6.24. The number of benzene rings is 1. The van der Waals surface area contributed by atoms with Gasteiger partial charge in [-0.1, -0.05) is 6.07 Å². The van der Waals surface area contributed by atoms with Crippen LogP contribution in [0.5, 0.6) is 0 Å². The first kappa shape index (κ1) is 19.3. The van der Waals surface area contributed by atoms with E-state index in [0.717, 1.165) is 44.2 Å². The molecule has 29 heavy (non-hydrogen) atoms. The highest BCUT2D eigenvalue weighted by Gasteiger charge is 2.39. The molecule has 1 saturated carbocycles. The summed E-state index contributed by atoms with van der Waals surface area (Å²) in [7, 11) is -3.65. The summed E-state index contributed by atoms with van der Waals surface area (Å²) in [6, 6.07) is 5.01. The van der Waals surface area contributed by atoms with E-state index in [2.05, 4.69) is 13.6 Å². The molecule has 3 heterocycles. The van der Waals surface area contributed by atoms with E-state index in [1.54, 1.807) is 22.5 Å². The fourth-order valence-corrected chi connectivity index (χ4v) is 6.67. The van der Waals surface area contributed by atoms with E-state index in [4.69, 9.17) is 0 Å². The Hall–Kier alpha value is -1.62. The summed E-state index contributed by atoms with van der Waals surface area (Å²) in [5.74, 6) is 0.928. The molecule has 1 aliphatic carbocycles. The number of sulfonamides is 1. The number of hydrogen-bond donors (Lipinski definition) is 0. The molecule has 1 unspecified atom stereocenters. The quantitative estimate of drug-likeness (QED) is 0.706. The first-order valence-electron chi connectivity index (χ1n) is 10.3. The van der Waals surface area contributed by atoms with Crippen LogP contribution in [0.3, 0.4) is 0 Å². The minimum absolute atomic E-state index is 0.0948. The van der Waals surface area contributed by atoms with Gasteiger partial charge in [-0.15, -0.1) is 0 Å². The van der Waals surface area contributed by atoms with Gasteiger partial charge >= 0.3 is 0 Å². The molecule has 3 fully saturated rings. The van der Waals surface area contributed by atoms with Crippen molar-refractivity contribution in [2.24, 2.45) is 5.92 Å². The molecule has 0 spiro atoms. The van der Waals surface area contributed by atoms with E-state index >= 15 is 0 Å². The van der Waals surface area contributed by atoms with Gasteiger partial charge in [-0.05, 0) is 43.7 Å². The average molecular weight is 436 g/mol. The Morgan fingerprint density at radius 2 is 1.90 bits per heavy atom. The van der Waals surface area contributed by atoms with Crippen LogP contribution in [0.15, 0.2) is 23.1 Å². The molecule has 2 saturated heterocycles. The molecule has 1 aromatic carbocycles. The number of aromatic nitrogens is 2. The highest BCUT2D eigenvalue weighted by Crippen LogP contribution is 2.32. The second-order valence-corrected chi connectivity index (χ2v) is 10.6. The lowest BCUT2D eigenvalue weighted by molar-refractivity contribution is -0.132.